The molecule has 0 saturated heterocycles. The lowest BCUT2D eigenvalue weighted by molar-refractivity contribution is -0.122. The van der Waals surface area contributed by atoms with Crippen molar-refractivity contribution >= 4 is 33.3 Å². The highest BCUT2D eigenvalue weighted by Crippen LogP contribution is 2.22. The summed E-state index contributed by atoms with van der Waals surface area (Å²) in [6.45, 7) is 5.39. The molecule has 1 N–H and O–H groups in total. The minimum absolute atomic E-state index is 0.262. The molecule has 30 heavy (non-hydrogen) atoms. The van der Waals surface area contributed by atoms with Gasteiger partial charge in [0.25, 0.3) is 5.91 Å². The highest BCUT2D eigenvalue weighted by Gasteiger charge is 2.18. The molecule has 0 aromatic heterocycles. The number of carbonyl (C=O) groups excluding carboxylic acids is 2. The number of amides is 1. The lowest BCUT2D eigenvalue weighted by Crippen LogP contribution is -2.30. The summed E-state index contributed by atoms with van der Waals surface area (Å²) in [6, 6.07) is 11.3. The van der Waals surface area contributed by atoms with Crippen LogP contribution in [0.3, 0.4) is 0 Å². The smallest absolute Gasteiger partial charge is 0.338 e. The second kappa shape index (κ2) is 9.62. The fourth-order valence-electron chi connectivity index (χ4n) is 2.52. The van der Waals surface area contributed by atoms with Crippen molar-refractivity contribution < 1.29 is 27.5 Å². The van der Waals surface area contributed by atoms with Crippen LogP contribution in [0.25, 0.3) is 0 Å². The zero-order valence-corrected chi connectivity index (χ0v) is 18.4. The van der Waals surface area contributed by atoms with Gasteiger partial charge in [-0.25, -0.2) is 13.2 Å². The Morgan fingerprint density at radius 2 is 1.77 bits per heavy atom. The number of hydrogen-bond acceptors (Lipinski definition) is 6. The molecule has 0 fully saturated rings. The molecular weight excluding hydrogens is 408 g/mol. The van der Waals surface area contributed by atoms with E-state index in [1.807, 2.05) is 6.92 Å². The molecule has 0 spiro atoms. The second-order valence-corrected chi connectivity index (χ2v) is 8.74. The fourth-order valence-corrected chi connectivity index (χ4v) is 3.02. The van der Waals surface area contributed by atoms with Gasteiger partial charge >= 0.3 is 5.97 Å². The van der Waals surface area contributed by atoms with Gasteiger partial charge in [-0.3, -0.25) is 9.10 Å². The lowest BCUT2D eigenvalue weighted by Gasteiger charge is -2.18. The number of esters is 1. The summed E-state index contributed by atoms with van der Waals surface area (Å²) in [7, 11) is -1.91. The third-order valence-electron chi connectivity index (χ3n) is 4.39. The molecular formula is C21H26N2O6S. The molecule has 0 aliphatic carbocycles. The van der Waals surface area contributed by atoms with E-state index < -0.39 is 28.0 Å². The van der Waals surface area contributed by atoms with Gasteiger partial charge in [0, 0.05) is 12.7 Å². The van der Waals surface area contributed by atoms with Gasteiger partial charge in [-0.05, 0) is 62.7 Å². The van der Waals surface area contributed by atoms with Crippen LogP contribution in [0.1, 0.15) is 29.8 Å². The van der Waals surface area contributed by atoms with E-state index in [1.165, 1.54) is 7.05 Å². The molecule has 2 aromatic rings. The maximum Gasteiger partial charge on any atom is 0.338 e. The quantitative estimate of drug-likeness (QED) is 0.641. The van der Waals surface area contributed by atoms with Crippen LogP contribution in [0.2, 0.25) is 0 Å². The number of carbonyl (C=O) groups is 2. The molecule has 0 bridgehead atoms. The van der Waals surface area contributed by atoms with Crippen molar-refractivity contribution in [2.45, 2.75) is 26.9 Å². The number of sulfonamides is 1. The lowest BCUT2D eigenvalue weighted by atomic mass is 10.1. The van der Waals surface area contributed by atoms with Gasteiger partial charge in [0.15, 0.2) is 6.10 Å². The van der Waals surface area contributed by atoms with Crippen molar-refractivity contribution in [3.63, 3.8) is 0 Å². The minimum Gasteiger partial charge on any atom is -0.481 e. The number of rotatable bonds is 8. The predicted molar refractivity (Wildman–Crippen MR) is 116 cm³/mol. The number of anilines is 2. The Kier molecular flexibility index (Phi) is 7.44. The normalized spacial score (nSPS) is 12.0. The Bertz CT molecular complexity index is 1020. The van der Waals surface area contributed by atoms with E-state index in [0.717, 1.165) is 16.1 Å². The Labute approximate surface area is 176 Å². The zero-order valence-electron chi connectivity index (χ0n) is 17.6. The van der Waals surface area contributed by atoms with Gasteiger partial charge in [-0.15, -0.1) is 0 Å². The third kappa shape index (κ3) is 5.96. The van der Waals surface area contributed by atoms with Gasteiger partial charge in [0.2, 0.25) is 10.0 Å². The highest BCUT2D eigenvalue weighted by atomic mass is 32.2. The van der Waals surface area contributed by atoms with Crippen LogP contribution in [0.4, 0.5) is 11.4 Å². The number of aryl methyl sites for hydroxylation is 1. The van der Waals surface area contributed by atoms with Crippen molar-refractivity contribution in [1.82, 2.24) is 0 Å². The number of benzene rings is 2. The Morgan fingerprint density at radius 3 is 2.33 bits per heavy atom. The molecule has 0 aliphatic rings. The van der Waals surface area contributed by atoms with Gasteiger partial charge in [-0.2, -0.15) is 0 Å². The summed E-state index contributed by atoms with van der Waals surface area (Å²) >= 11 is 0. The SMILES string of the molecule is CCOC(=O)c1ccc(C)c(NC(=O)C(C)Oc2ccc(N(C)S(C)(=O)=O)cc2)c1. The summed E-state index contributed by atoms with van der Waals surface area (Å²) in [6.07, 6.45) is 0.289. The maximum absolute atomic E-state index is 12.5. The van der Waals surface area contributed by atoms with E-state index in [9.17, 15) is 18.0 Å². The first-order valence-corrected chi connectivity index (χ1v) is 11.2. The summed E-state index contributed by atoms with van der Waals surface area (Å²) < 4.78 is 35.0. The van der Waals surface area contributed by atoms with E-state index in [0.29, 0.717) is 22.7 Å². The Balaban J connectivity index is 2.06. The van der Waals surface area contributed by atoms with Crippen LogP contribution >= 0.6 is 0 Å². The Hall–Kier alpha value is -3.07. The van der Waals surface area contributed by atoms with Crippen LogP contribution < -0.4 is 14.4 Å². The molecule has 0 saturated carbocycles. The van der Waals surface area contributed by atoms with Crippen LogP contribution in [0.5, 0.6) is 5.75 Å². The van der Waals surface area contributed by atoms with Crippen LogP contribution in [0, 0.1) is 6.92 Å². The number of ether oxygens (including phenoxy) is 2. The topological polar surface area (TPSA) is 102 Å². The van der Waals surface area contributed by atoms with Gasteiger partial charge in [0.1, 0.15) is 5.75 Å². The van der Waals surface area contributed by atoms with Gasteiger partial charge < -0.3 is 14.8 Å². The summed E-state index contributed by atoms with van der Waals surface area (Å²) in [5.74, 6) is -0.437. The molecule has 0 aliphatic heterocycles. The monoisotopic (exact) mass is 434 g/mol. The highest BCUT2D eigenvalue weighted by molar-refractivity contribution is 7.92. The molecule has 8 nitrogen and oxygen atoms in total. The van der Waals surface area contributed by atoms with E-state index in [1.54, 1.807) is 56.3 Å². The van der Waals surface area contributed by atoms with E-state index in [-0.39, 0.29) is 6.61 Å². The van der Waals surface area contributed by atoms with Crippen LogP contribution in [-0.4, -0.2) is 46.3 Å². The number of nitrogens with zero attached hydrogens (tertiary/aromatic N) is 1. The van der Waals surface area contributed by atoms with Crippen LogP contribution in [0.15, 0.2) is 42.5 Å². The molecule has 2 rings (SSSR count). The molecule has 162 valence electrons. The summed E-state index contributed by atoms with van der Waals surface area (Å²) in [5.41, 5.74) is 2.10. The van der Waals surface area contributed by atoms with Gasteiger partial charge in [-0.1, -0.05) is 6.07 Å². The molecule has 1 unspecified atom stereocenters. The Morgan fingerprint density at radius 1 is 1.13 bits per heavy atom. The predicted octanol–water partition coefficient (Wildman–Crippen LogP) is 2.97. The van der Waals surface area contributed by atoms with Crippen molar-refractivity contribution in [2.75, 3.05) is 29.5 Å². The number of hydrogen-bond donors (Lipinski definition) is 1. The van der Waals surface area contributed by atoms with E-state index in [4.69, 9.17) is 9.47 Å². The first-order chi connectivity index (χ1) is 14.0. The average Bonchev–Trinajstić information content (AvgIpc) is 2.69. The molecule has 9 heteroatoms. The van der Waals surface area contributed by atoms with E-state index >= 15 is 0 Å². The number of nitrogens with one attached hydrogen (secondary N) is 1. The first-order valence-electron chi connectivity index (χ1n) is 9.32. The average molecular weight is 435 g/mol. The standard InChI is InChI=1S/C21H26N2O6S/c1-6-28-21(25)16-8-7-14(2)19(13-16)22-20(24)15(3)29-18-11-9-17(10-12-18)23(4)30(5,26)27/h7-13,15H,6H2,1-5H3,(H,22,24). The second-order valence-electron chi connectivity index (χ2n) is 6.72. The van der Waals surface area contributed by atoms with Crippen molar-refractivity contribution in [1.29, 1.82) is 0 Å². The van der Waals surface area contributed by atoms with Crippen LogP contribution in [-0.2, 0) is 19.6 Å². The molecule has 0 radical (unpaired) electrons. The first kappa shape index (κ1) is 23.2. The van der Waals surface area contributed by atoms with Gasteiger partial charge in [0.05, 0.1) is 24.1 Å². The van der Waals surface area contributed by atoms with Crippen molar-refractivity contribution in [3.8, 4) is 5.75 Å². The summed E-state index contributed by atoms with van der Waals surface area (Å²) in [5, 5.41) is 2.76. The minimum atomic E-state index is -3.36. The zero-order chi connectivity index (χ0) is 22.5. The maximum atomic E-state index is 12.5. The molecule has 0 heterocycles. The third-order valence-corrected chi connectivity index (χ3v) is 5.59. The largest absolute Gasteiger partial charge is 0.481 e. The molecule has 1 atom stereocenters. The van der Waals surface area contributed by atoms with Crippen molar-refractivity contribution in [2.24, 2.45) is 0 Å². The van der Waals surface area contributed by atoms with Crippen molar-refractivity contribution in [3.05, 3.63) is 53.6 Å². The van der Waals surface area contributed by atoms with E-state index in [2.05, 4.69) is 5.32 Å². The fraction of sp³-hybridized carbons (Fsp3) is 0.333. The molecule has 1 amide bonds. The summed E-state index contributed by atoms with van der Waals surface area (Å²) in [4.78, 5) is 24.4. The molecule has 2 aromatic carbocycles.